The normalized spacial score (nSPS) is 20.1. The molecule has 0 radical (unpaired) electrons. The smallest absolute Gasteiger partial charge is 0.335 e. The van der Waals surface area contributed by atoms with Gasteiger partial charge in [0.25, 0.3) is 0 Å². The summed E-state index contributed by atoms with van der Waals surface area (Å²) in [6, 6.07) is 0.628. The molecular formula is C6H14BNS2. The van der Waals surface area contributed by atoms with Gasteiger partial charge in [0.1, 0.15) is 0 Å². The molecule has 0 spiro atoms. The fourth-order valence-corrected chi connectivity index (χ4v) is 3.79. The zero-order valence-corrected chi connectivity index (χ0v) is 8.23. The van der Waals surface area contributed by atoms with Crippen LogP contribution >= 0.6 is 23.2 Å². The summed E-state index contributed by atoms with van der Waals surface area (Å²) in [5, 5.41) is 4.17. The molecule has 1 aliphatic heterocycles. The SMILES string of the molecule is CC(C)NB1SCCCS1. The van der Waals surface area contributed by atoms with Gasteiger partial charge in [-0.05, 0) is 24.0 Å². The van der Waals surface area contributed by atoms with Crippen LogP contribution in [0.4, 0.5) is 0 Å². The summed E-state index contributed by atoms with van der Waals surface area (Å²) in [6.07, 6.45) is 1.38. The van der Waals surface area contributed by atoms with Gasteiger partial charge in [-0.2, -0.15) is 23.2 Å². The Hall–Kier alpha value is 0.725. The number of rotatable bonds is 2. The van der Waals surface area contributed by atoms with Gasteiger partial charge in [0, 0.05) is 0 Å². The Labute approximate surface area is 72.0 Å². The fraction of sp³-hybridized carbons (Fsp3) is 1.00. The monoisotopic (exact) mass is 175 g/mol. The van der Waals surface area contributed by atoms with Crippen molar-refractivity contribution in [2.24, 2.45) is 0 Å². The predicted molar refractivity (Wildman–Crippen MR) is 53.6 cm³/mol. The average molecular weight is 175 g/mol. The highest BCUT2D eigenvalue weighted by Gasteiger charge is 2.19. The van der Waals surface area contributed by atoms with Gasteiger partial charge in [0.2, 0.25) is 0 Å². The molecule has 0 aromatic heterocycles. The molecule has 10 heavy (non-hydrogen) atoms. The standard InChI is InChI=1S/C6H14BNS2/c1-6(2)8-7-9-4-3-5-10-7/h6,8H,3-5H2,1-2H3. The van der Waals surface area contributed by atoms with Gasteiger partial charge in [-0.25, -0.2) is 0 Å². The van der Waals surface area contributed by atoms with Gasteiger partial charge >= 0.3 is 5.40 Å². The van der Waals surface area contributed by atoms with Crippen LogP contribution in [-0.2, 0) is 0 Å². The quantitative estimate of drug-likeness (QED) is 0.643. The summed E-state index contributed by atoms with van der Waals surface area (Å²) in [5.74, 6) is 2.66. The van der Waals surface area contributed by atoms with E-state index >= 15 is 0 Å². The van der Waals surface area contributed by atoms with Crippen LogP contribution in [0.15, 0.2) is 0 Å². The number of hydrogen-bond donors (Lipinski definition) is 1. The average Bonchev–Trinajstić information content (AvgIpc) is 1.88. The molecule has 1 N–H and O–H groups in total. The molecule has 0 atom stereocenters. The van der Waals surface area contributed by atoms with E-state index in [0.29, 0.717) is 11.4 Å². The lowest BCUT2D eigenvalue weighted by Gasteiger charge is -2.20. The van der Waals surface area contributed by atoms with Crippen molar-refractivity contribution in [1.29, 1.82) is 0 Å². The molecular weight excluding hydrogens is 161 g/mol. The lowest BCUT2D eigenvalue weighted by molar-refractivity contribution is 0.756. The van der Waals surface area contributed by atoms with Crippen molar-refractivity contribution in [3.05, 3.63) is 0 Å². The van der Waals surface area contributed by atoms with Crippen molar-refractivity contribution < 1.29 is 0 Å². The molecule has 0 aromatic rings. The highest BCUT2D eigenvalue weighted by molar-refractivity contribution is 8.54. The van der Waals surface area contributed by atoms with Gasteiger partial charge in [0.15, 0.2) is 0 Å². The maximum Gasteiger partial charge on any atom is 0.358 e. The third-order valence-corrected chi connectivity index (χ3v) is 4.04. The first-order valence-corrected chi connectivity index (χ1v) is 5.88. The molecule has 1 fully saturated rings. The Morgan fingerprint density at radius 1 is 1.30 bits per heavy atom. The molecule has 1 rings (SSSR count). The maximum absolute atomic E-state index is 3.51. The fourth-order valence-electron chi connectivity index (χ4n) is 0.856. The Morgan fingerprint density at radius 3 is 2.40 bits per heavy atom. The van der Waals surface area contributed by atoms with Gasteiger partial charge in [-0.15, -0.1) is 0 Å². The number of nitrogens with one attached hydrogen (secondary N) is 1. The second-order valence-electron chi connectivity index (χ2n) is 2.75. The third-order valence-electron chi connectivity index (χ3n) is 1.30. The minimum absolute atomic E-state index is 0.628. The third kappa shape index (κ3) is 3.22. The minimum atomic E-state index is 0.628. The van der Waals surface area contributed by atoms with Crippen molar-refractivity contribution in [2.75, 3.05) is 11.5 Å². The lowest BCUT2D eigenvalue weighted by atomic mass is 10.3. The molecule has 1 heterocycles. The first-order chi connectivity index (χ1) is 4.79. The Morgan fingerprint density at radius 2 is 1.90 bits per heavy atom. The summed E-state index contributed by atoms with van der Waals surface area (Å²) in [4.78, 5) is 0. The molecule has 0 saturated carbocycles. The molecule has 0 aliphatic carbocycles. The van der Waals surface area contributed by atoms with Crippen LogP contribution in [-0.4, -0.2) is 23.0 Å². The maximum atomic E-state index is 3.51. The van der Waals surface area contributed by atoms with E-state index in [4.69, 9.17) is 0 Å². The Balaban J connectivity index is 2.13. The van der Waals surface area contributed by atoms with Gasteiger partial charge < -0.3 is 5.23 Å². The highest BCUT2D eigenvalue weighted by Crippen LogP contribution is 2.24. The molecule has 0 bridgehead atoms. The molecule has 0 unspecified atom stereocenters. The topological polar surface area (TPSA) is 12.0 Å². The van der Waals surface area contributed by atoms with Crippen molar-refractivity contribution in [3.8, 4) is 0 Å². The molecule has 1 aliphatic rings. The van der Waals surface area contributed by atoms with Crippen LogP contribution in [0.1, 0.15) is 20.3 Å². The van der Waals surface area contributed by atoms with E-state index in [1.807, 2.05) is 23.2 Å². The van der Waals surface area contributed by atoms with Gasteiger partial charge in [-0.1, -0.05) is 13.8 Å². The zero-order valence-electron chi connectivity index (χ0n) is 6.59. The van der Waals surface area contributed by atoms with Crippen LogP contribution < -0.4 is 5.23 Å². The van der Waals surface area contributed by atoms with E-state index < -0.39 is 0 Å². The van der Waals surface area contributed by atoms with E-state index in [-0.39, 0.29) is 0 Å². The van der Waals surface area contributed by atoms with Crippen molar-refractivity contribution >= 4 is 28.6 Å². The van der Waals surface area contributed by atoms with E-state index in [0.717, 1.165) is 0 Å². The van der Waals surface area contributed by atoms with Crippen LogP contribution in [0.25, 0.3) is 0 Å². The van der Waals surface area contributed by atoms with Crippen LogP contribution in [0, 0.1) is 0 Å². The largest absolute Gasteiger partial charge is 0.358 e. The van der Waals surface area contributed by atoms with Crippen LogP contribution in [0.2, 0.25) is 0 Å². The summed E-state index contributed by atoms with van der Waals surface area (Å²) >= 11 is 4.09. The predicted octanol–water partition coefficient (Wildman–Crippen LogP) is 1.84. The first-order valence-electron chi connectivity index (χ1n) is 3.78. The molecule has 0 aromatic carbocycles. The molecule has 1 nitrogen and oxygen atoms in total. The van der Waals surface area contributed by atoms with Gasteiger partial charge in [0.05, 0.1) is 0 Å². The van der Waals surface area contributed by atoms with E-state index in [1.165, 1.54) is 17.9 Å². The van der Waals surface area contributed by atoms with Crippen LogP contribution in [0.5, 0.6) is 0 Å². The lowest BCUT2D eigenvalue weighted by Crippen LogP contribution is -2.36. The van der Waals surface area contributed by atoms with E-state index in [9.17, 15) is 0 Å². The molecule has 4 heteroatoms. The molecule has 0 amide bonds. The Kier molecular flexibility index (Phi) is 4.03. The summed E-state index contributed by atoms with van der Waals surface area (Å²) in [6.45, 7) is 4.41. The summed E-state index contributed by atoms with van der Waals surface area (Å²) in [5.41, 5.74) is 0. The number of hydrogen-bond acceptors (Lipinski definition) is 3. The zero-order chi connectivity index (χ0) is 7.40. The van der Waals surface area contributed by atoms with Gasteiger partial charge in [-0.3, -0.25) is 0 Å². The van der Waals surface area contributed by atoms with E-state index in [1.54, 1.807) is 0 Å². The van der Waals surface area contributed by atoms with Crippen molar-refractivity contribution in [3.63, 3.8) is 0 Å². The highest BCUT2D eigenvalue weighted by atomic mass is 32.2. The van der Waals surface area contributed by atoms with Crippen LogP contribution in [0.3, 0.4) is 0 Å². The molecule has 58 valence electrons. The van der Waals surface area contributed by atoms with Crippen molar-refractivity contribution in [2.45, 2.75) is 26.3 Å². The Bertz CT molecular complexity index is 93.7. The minimum Gasteiger partial charge on any atom is -0.335 e. The summed E-state index contributed by atoms with van der Waals surface area (Å²) in [7, 11) is 0. The second-order valence-corrected chi connectivity index (χ2v) is 5.47. The van der Waals surface area contributed by atoms with Crippen molar-refractivity contribution in [1.82, 2.24) is 5.23 Å². The molecule has 1 saturated heterocycles. The second kappa shape index (κ2) is 4.57. The first kappa shape index (κ1) is 8.82. The summed E-state index contributed by atoms with van der Waals surface area (Å²) < 4.78 is 0. The van der Waals surface area contributed by atoms with E-state index in [2.05, 4.69) is 19.1 Å².